The van der Waals surface area contributed by atoms with E-state index in [0.29, 0.717) is 0 Å². The smallest absolute Gasteiger partial charge is 0.118 e. The zero-order chi connectivity index (χ0) is 5.21. The summed E-state index contributed by atoms with van der Waals surface area (Å²) in [6.45, 7) is 1.53. The van der Waals surface area contributed by atoms with E-state index in [1.165, 1.54) is 6.92 Å². The van der Waals surface area contributed by atoms with Crippen molar-refractivity contribution >= 4 is 24.2 Å². The third-order valence-corrected chi connectivity index (χ3v) is 1.12. The van der Waals surface area contributed by atoms with Crippen LogP contribution in [-0.2, 0) is 0 Å². The maximum absolute atomic E-state index is 8.56. The fourth-order valence-corrected chi connectivity index (χ4v) is 0. The molecule has 0 aromatic heterocycles. The molecule has 1 atom stereocenters. The van der Waals surface area contributed by atoms with E-state index in [2.05, 4.69) is 12.6 Å². The lowest BCUT2D eigenvalue weighted by Crippen LogP contribution is -2.16. The van der Waals surface area contributed by atoms with Gasteiger partial charge in [-0.2, -0.15) is 0 Å². The molecule has 0 amide bonds. The lowest BCUT2D eigenvalue weighted by atomic mass is 10.5. The van der Waals surface area contributed by atoms with Crippen LogP contribution < -0.4 is 0 Å². The first-order valence-corrected chi connectivity index (χ1v) is 2.55. The van der Waals surface area contributed by atoms with Crippen molar-refractivity contribution in [3.05, 3.63) is 0 Å². The van der Waals surface area contributed by atoms with Crippen LogP contribution in [-0.4, -0.2) is 15.9 Å². The summed E-state index contributed by atoms with van der Waals surface area (Å²) in [5.74, 6) is 0.163. The molecule has 0 heterocycles. The normalized spacial score (nSPS) is 20.0. The number of hydrogen-bond acceptors (Lipinski definition) is 2. The van der Waals surface area contributed by atoms with Crippen molar-refractivity contribution < 1.29 is 5.11 Å². The van der Waals surface area contributed by atoms with Crippen molar-refractivity contribution in [2.75, 3.05) is 5.88 Å². The van der Waals surface area contributed by atoms with Crippen LogP contribution in [0.25, 0.3) is 0 Å². The molecule has 0 fully saturated rings. The van der Waals surface area contributed by atoms with Gasteiger partial charge < -0.3 is 5.11 Å². The molecule has 38 valence electrons. The molecule has 1 nitrogen and oxygen atoms in total. The lowest BCUT2D eigenvalue weighted by molar-refractivity contribution is 0.185. The van der Waals surface area contributed by atoms with Crippen LogP contribution in [0.2, 0.25) is 0 Å². The average molecular weight is 127 g/mol. The molecule has 1 unspecified atom stereocenters. The summed E-state index contributed by atoms with van der Waals surface area (Å²) in [6.07, 6.45) is 0. The maximum Gasteiger partial charge on any atom is 0.118 e. The second-order valence-electron chi connectivity index (χ2n) is 1.35. The van der Waals surface area contributed by atoms with Gasteiger partial charge in [-0.15, -0.1) is 24.2 Å². The minimum absolute atomic E-state index is 0.163. The number of hydrogen-bond donors (Lipinski definition) is 2. The Morgan fingerprint density at radius 2 is 2.17 bits per heavy atom. The molecule has 0 aromatic carbocycles. The largest absolute Gasteiger partial charge is 0.379 e. The summed E-state index contributed by atoms with van der Waals surface area (Å²) in [5, 5.41) is 8.56. The molecule has 1 N–H and O–H groups in total. The van der Waals surface area contributed by atoms with Crippen LogP contribution >= 0.6 is 24.2 Å². The fraction of sp³-hybridized carbons (Fsp3) is 1.00. The molecule has 0 saturated heterocycles. The van der Waals surface area contributed by atoms with Crippen molar-refractivity contribution in [1.29, 1.82) is 0 Å². The molecule has 0 bridgehead atoms. The second-order valence-corrected chi connectivity index (χ2v) is 2.58. The van der Waals surface area contributed by atoms with Crippen molar-refractivity contribution in [2.45, 2.75) is 11.9 Å². The van der Waals surface area contributed by atoms with Crippen molar-refractivity contribution in [3.63, 3.8) is 0 Å². The van der Waals surface area contributed by atoms with Gasteiger partial charge >= 0.3 is 0 Å². The first-order valence-electron chi connectivity index (χ1n) is 1.57. The highest BCUT2D eigenvalue weighted by Crippen LogP contribution is 2.08. The molecular weight excluding hydrogens is 120 g/mol. The Kier molecular flexibility index (Phi) is 2.26. The number of alkyl halides is 1. The molecule has 0 saturated carbocycles. The highest BCUT2D eigenvalue weighted by atomic mass is 35.5. The zero-order valence-corrected chi connectivity index (χ0v) is 5.13. The highest BCUT2D eigenvalue weighted by molar-refractivity contribution is 7.81. The third-order valence-electron chi connectivity index (χ3n) is 0.253. The molecular formula is C3H7ClOS. The SMILES string of the molecule is CC(O)(S)CCl. The number of aliphatic hydroxyl groups is 1. The Bertz CT molecular complexity index is 40.5. The van der Waals surface area contributed by atoms with Crippen LogP contribution in [0, 0.1) is 0 Å². The summed E-state index contributed by atoms with van der Waals surface area (Å²) in [7, 11) is 0. The standard InChI is InChI=1S/C3H7ClOS/c1-3(5,6)2-4/h5-6H,2H2,1H3. The molecule has 3 heteroatoms. The molecule has 6 heavy (non-hydrogen) atoms. The van der Waals surface area contributed by atoms with Gasteiger partial charge in [-0.3, -0.25) is 0 Å². The van der Waals surface area contributed by atoms with Gasteiger partial charge in [-0.25, -0.2) is 0 Å². The Morgan fingerprint density at radius 3 is 2.17 bits per heavy atom. The number of thiol groups is 1. The van der Waals surface area contributed by atoms with Gasteiger partial charge in [-0.05, 0) is 6.92 Å². The van der Waals surface area contributed by atoms with E-state index in [9.17, 15) is 0 Å². The molecule has 0 aromatic rings. The van der Waals surface area contributed by atoms with Gasteiger partial charge in [0, 0.05) is 0 Å². The predicted octanol–water partition coefficient (Wildman–Crippen LogP) is 0.863. The summed E-state index contributed by atoms with van der Waals surface area (Å²) in [6, 6.07) is 0. The number of rotatable bonds is 1. The van der Waals surface area contributed by atoms with Crippen LogP contribution in [0.5, 0.6) is 0 Å². The van der Waals surface area contributed by atoms with E-state index in [4.69, 9.17) is 16.7 Å². The van der Waals surface area contributed by atoms with E-state index in [-0.39, 0.29) is 5.88 Å². The van der Waals surface area contributed by atoms with Crippen molar-refractivity contribution in [3.8, 4) is 0 Å². The van der Waals surface area contributed by atoms with E-state index in [1.54, 1.807) is 0 Å². The first-order chi connectivity index (χ1) is 2.56. The van der Waals surface area contributed by atoms with E-state index >= 15 is 0 Å². The Labute approximate surface area is 47.7 Å². The van der Waals surface area contributed by atoms with Crippen LogP contribution in [0.3, 0.4) is 0 Å². The topological polar surface area (TPSA) is 20.2 Å². The molecule has 0 aliphatic heterocycles. The second kappa shape index (κ2) is 2.05. The third kappa shape index (κ3) is 4.60. The van der Waals surface area contributed by atoms with Gasteiger partial charge in [0.25, 0.3) is 0 Å². The summed E-state index contributed by atoms with van der Waals surface area (Å²) in [5.41, 5.74) is 0. The van der Waals surface area contributed by atoms with Crippen molar-refractivity contribution in [1.82, 2.24) is 0 Å². The van der Waals surface area contributed by atoms with Gasteiger partial charge in [0.15, 0.2) is 0 Å². The van der Waals surface area contributed by atoms with Crippen molar-refractivity contribution in [2.24, 2.45) is 0 Å². The predicted molar refractivity (Wildman–Crippen MR) is 30.3 cm³/mol. The quantitative estimate of drug-likeness (QED) is 0.304. The minimum atomic E-state index is -0.998. The lowest BCUT2D eigenvalue weighted by Gasteiger charge is -2.08. The minimum Gasteiger partial charge on any atom is -0.379 e. The molecule has 0 aliphatic carbocycles. The molecule has 0 radical (unpaired) electrons. The Hall–Kier alpha value is 0.600. The Morgan fingerprint density at radius 1 is 2.00 bits per heavy atom. The zero-order valence-electron chi connectivity index (χ0n) is 3.48. The maximum atomic E-state index is 8.56. The van der Waals surface area contributed by atoms with Crippen LogP contribution in [0.4, 0.5) is 0 Å². The molecule has 0 spiro atoms. The summed E-state index contributed by atoms with van der Waals surface area (Å²) < 4.78 is 0. The number of halogens is 1. The summed E-state index contributed by atoms with van der Waals surface area (Å²) in [4.78, 5) is -0.998. The monoisotopic (exact) mass is 126 g/mol. The van der Waals surface area contributed by atoms with Gasteiger partial charge in [0.2, 0.25) is 0 Å². The first kappa shape index (κ1) is 6.60. The fourth-order valence-electron chi connectivity index (χ4n) is 0. The van der Waals surface area contributed by atoms with E-state index in [1.807, 2.05) is 0 Å². The van der Waals surface area contributed by atoms with E-state index in [0.717, 1.165) is 0 Å². The van der Waals surface area contributed by atoms with Crippen LogP contribution in [0.15, 0.2) is 0 Å². The van der Waals surface area contributed by atoms with Gasteiger partial charge in [0.05, 0.1) is 5.88 Å². The van der Waals surface area contributed by atoms with Gasteiger partial charge in [-0.1, -0.05) is 0 Å². The van der Waals surface area contributed by atoms with Crippen LogP contribution in [0.1, 0.15) is 6.92 Å². The summed E-state index contributed by atoms with van der Waals surface area (Å²) >= 11 is 8.83. The average Bonchev–Trinajstić information content (AvgIpc) is 1.35. The molecule has 0 rings (SSSR count). The Balaban J connectivity index is 3.17. The molecule has 0 aliphatic rings. The van der Waals surface area contributed by atoms with Gasteiger partial charge in [0.1, 0.15) is 4.93 Å². The highest BCUT2D eigenvalue weighted by Gasteiger charge is 2.09. The van der Waals surface area contributed by atoms with E-state index < -0.39 is 4.93 Å².